The van der Waals surface area contributed by atoms with Gasteiger partial charge >= 0.3 is 0 Å². The fourth-order valence-electron chi connectivity index (χ4n) is 8.69. The number of aliphatic hydroxyl groups is 1. The maximum Gasteiger partial charge on any atom is 0.192 e. The van der Waals surface area contributed by atoms with E-state index in [0.29, 0.717) is 36.1 Å². The lowest BCUT2D eigenvalue weighted by molar-refractivity contribution is -0.190. The third-order valence-corrected chi connectivity index (χ3v) is 16.3. The number of rotatable bonds is 7. The van der Waals surface area contributed by atoms with Crippen molar-refractivity contribution in [2.75, 3.05) is 20.5 Å². The number of carbonyl (C=O) groups excluding carboxylic acids is 1. The molecule has 4 aliphatic carbocycles. The molecule has 0 saturated heterocycles. The van der Waals surface area contributed by atoms with Gasteiger partial charge in [0.25, 0.3) is 0 Å². The van der Waals surface area contributed by atoms with Crippen LogP contribution < -0.4 is 0 Å². The Hall–Kier alpha value is -0.273. The van der Waals surface area contributed by atoms with E-state index in [-0.39, 0.29) is 34.7 Å². The second kappa shape index (κ2) is 9.80. The Labute approximate surface area is 215 Å². The highest BCUT2D eigenvalue weighted by atomic mass is 28.4. The number of carbonyl (C=O) groups is 1. The van der Waals surface area contributed by atoms with E-state index >= 15 is 0 Å². The lowest BCUT2D eigenvalue weighted by Crippen LogP contribution is -2.57. The van der Waals surface area contributed by atoms with Crippen molar-refractivity contribution >= 4 is 14.1 Å². The Kier molecular flexibility index (Phi) is 7.77. The van der Waals surface area contributed by atoms with Crippen LogP contribution in [-0.2, 0) is 18.7 Å². The fourth-order valence-corrected chi connectivity index (χ4v) is 9.63. The van der Waals surface area contributed by atoms with Crippen molar-refractivity contribution in [2.24, 2.45) is 40.4 Å². The van der Waals surface area contributed by atoms with Gasteiger partial charge in [0.2, 0.25) is 0 Å². The molecular weight excluding hydrogens is 456 g/mol. The minimum Gasteiger partial charge on any atom is -0.410 e. The van der Waals surface area contributed by atoms with Crippen LogP contribution in [0.2, 0.25) is 18.1 Å². The van der Waals surface area contributed by atoms with Gasteiger partial charge in [0.1, 0.15) is 6.79 Å². The average molecular weight is 509 g/mol. The van der Waals surface area contributed by atoms with Gasteiger partial charge in [-0.1, -0.05) is 34.6 Å². The summed E-state index contributed by atoms with van der Waals surface area (Å²) in [5.41, 5.74) is 0.278. The van der Waals surface area contributed by atoms with Crippen LogP contribution in [0.4, 0.5) is 0 Å². The summed E-state index contributed by atoms with van der Waals surface area (Å²) >= 11 is 0. The topological polar surface area (TPSA) is 65.0 Å². The van der Waals surface area contributed by atoms with Crippen molar-refractivity contribution in [1.29, 1.82) is 0 Å². The van der Waals surface area contributed by atoms with Crippen molar-refractivity contribution in [3.63, 3.8) is 0 Å². The largest absolute Gasteiger partial charge is 0.410 e. The first kappa shape index (κ1) is 27.8. The Balaban J connectivity index is 1.45. The fraction of sp³-hybridized carbons (Fsp3) is 0.966. The SMILES string of the molecule is COCO[C@H]1C[C@@H]2CC[C@@H]3[C@H](CC[C@]4(C)[C@@H](C(=O)CO[Si](C)(C)C(C)(C)C)CC[C@@H]34)[C@@]2(C)C[C@@H]1O. The van der Waals surface area contributed by atoms with Gasteiger partial charge in [-0.15, -0.1) is 0 Å². The van der Waals surface area contributed by atoms with Crippen LogP contribution in [0.3, 0.4) is 0 Å². The molecule has 0 radical (unpaired) electrons. The van der Waals surface area contributed by atoms with E-state index in [1.807, 2.05) is 0 Å². The zero-order valence-corrected chi connectivity index (χ0v) is 24.7. The van der Waals surface area contributed by atoms with Crippen LogP contribution in [0.5, 0.6) is 0 Å². The molecule has 0 heterocycles. The highest BCUT2D eigenvalue weighted by Crippen LogP contribution is 2.67. The van der Waals surface area contributed by atoms with E-state index in [1.54, 1.807) is 7.11 Å². The molecule has 0 unspecified atom stereocenters. The maximum absolute atomic E-state index is 13.5. The van der Waals surface area contributed by atoms with Crippen LogP contribution in [0.1, 0.15) is 86.0 Å². The quantitative estimate of drug-likeness (QED) is 0.328. The van der Waals surface area contributed by atoms with E-state index in [0.717, 1.165) is 25.7 Å². The molecule has 1 N–H and O–H groups in total. The van der Waals surface area contributed by atoms with E-state index in [2.05, 4.69) is 47.7 Å². The van der Waals surface area contributed by atoms with Gasteiger partial charge in [-0.25, -0.2) is 0 Å². The Morgan fingerprint density at radius 1 is 1.03 bits per heavy atom. The highest BCUT2D eigenvalue weighted by molar-refractivity contribution is 6.74. The first-order valence-corrected chi connectivity index (χ1v) is 17.1. The molecule has 6 heteroatoms. The van der Waals surface area contributed by atoms with E-state index in [1.165, 1.54) is 25.7 Å². The van der Waals surface area contributed by atoms with Gasteiger partial charge in [0.05, 0.1) is 18.8 Å². The van der Waals surface area contributed by atoms with Gasteiger partial charge in [-0.2, -0.15) is 0 Å². The zero-order valence-electron chi connectivity index (χ0n) is 23.7. The minimum atomic E-state index is -1.93. The second-order valence-electron chi connectivity index (χ2n) is 14.5. The van der Waals surface area contributed by atoms with Crippen molar-refractivity contribution in [3.05, 3.63) is 0 Å². The molecule has 4 rings (SSSR count). The summed E-state index contributed by atoms with van der Waals surface area (Å²) in [4.78, 5) is 13.5. The number of fused-ring (bicyclic) bond motifs is 5. The standard InChI is InChI=1S/C29H52O5Si/c1-27(2,3)35(7,8)34-17-25(31)23-12-11-21-20-10-9-19-15-26(33-18-32-6)24(30)16-29(19,5)22(20)13-14-28(21,23)4/h19-24,26,30H,9-18H2,1-8H3/t19-,20-,21-,22-,23+,24-,26-,28-,29-/m0/s1. The molecule has 202 valence electrons. The third kappa shape index (κ3) is 4.84. The second-order valence-corrected chi connectivity index (χ2v) is 19.3. The van der Waals surface area contributed by atoms with Crippen LogP contribution in [-0.4, -0.2) is 51.9 Å². The summed E-state index contributed by atoms with van der Waals surface area (Å²) in [6.45, 7) is 16.6. The van der Waals surface area contributed by atoms with Crippen molar-refractivity contribution in [1.82, 2.24) is 0 Å². The molecule has 4 saturated carbocycles. The monoisotopic (exact) mass is 508 g/mol. The van der Waals surface area contributed by atoms with E-state index in [9.17, 15) is 9.90 Å². The molecule has 5 nitrogen and oxygen atoms in total. The van der Waals surface area contributed by atoms with E-state index in [4.69, 9.17) is 13.9 Å². The number of ether oxygens (including phenoxy) is 2. The first-order chi connectivity index (χ1) is 16.2. The Morgan fingerprint density at radius 2 is 1.71 bits per heavy atom. The molecule has 0 bridgehead atoms. The van der Waals surface area contributed by atoms with Crippen molar-refractivity contribution in [2.45, 2.75) is 116 Å². The van der Waals surface area contributed by atoms with E-state index < -0.39 is 14.4 Å². The third-order valence-electron chi connectivity index (χ3n) is 11.8. The van der Waals surface area contributed by atoms with Crippen LogP contribution >= 0.6 is 0 Å². The summed E-state index contributed by atoms with van der Waals surface area (Å²) in [5.74, 6) is 3.06. The summed E-state index contributed by atoms with van der Waals surface area (Å²) in [7, 11) is -0.286. The number of hydrogen-bond donors (Lipinski definition) is 1. The van der Waals surface area contributed by atoms with Crippen LogP contribution in [0.15, 0.2) is 0 Å². The lowest BCUT2D eigenvalue weighted by Gasteiger charge is -2.61. The zero-order chi connectivity index (χ0) is 25.8. The predicted molar refractivity (Wildman–Crippen MR) is 142 cm³/mol. The molecule has 9 atom stereocenters. The highest BCUT2D eigenvalue weighted by Gasteiger charge is 2.62. The molecular formula is C29H52O5Si. The number of methoxy groups -OCH3 is 1. The number of hydrogen-bond acceptors (Lipinski definition) is 5. The maximum atomic E-state index is 13.5. The normalized spacial score (nSPS) is 43.9. The summed E-state index contributed by atoms with van der Waals surface area (Å²) in [6.07, 6.45) is 8.27. The summed E-state index contributed by atoms with van der Waals surface area (Å²) in [6, 6.07) is 0. The summed E-state index contributed by atoms with van der Waals surface area (Å²) in [5, 5.41) is 11.1. The molecule has 0 aromatic carbocycles. The molecule has 0 amide bonds. The van der Waals surface area contributed by atoms with Gasteiger partial charge in [-0.3, -0.25) is 4.79 Å². The number of ketones is 1. The van der Waals surface area contributed by atoms with Gasteiger partial charge in [0.15, 0.2) is 14.1 Å². The Morgan fingerprint density at radius 3 is 2.37 bits per heavy atom. The predicted octanol–water partition coefficient (Wildman–Crippen LogP) is 6.20. The van der Waals surface area contributed by atoms with Gasteiger partial charge < -0.3 is 19.0 Å². The van der Waals surface area contributed by atoms with Gasteiger partial charge in [0, 0.05) is 13.0 Å². The molecule has 0 spiro atoms. The molecule has 35 heavy (non-hydrogen) atoms. The van der Waals surface area contributed by atoms with Gasteiger partial charge in [-0.05, 0) is 104 Å². The molecule has 0 aliphatic heterocycles. The van der Waals surface area contributed by atoms with Crippen LogP contribution in [0.25, 0.3) is 0 Å². The Bertz CT molecular complexity index is 778. The molecule has 0 aromatic rings. The average Bonchev–Trinajstić information content (AvgIpc) is 3.12. The van der Waals surface area contributed by atoms with Crippen molar-refractivity contribution in [3.8, 4) is 0 Å². The van der Waals surface area contributed by atoms with Crippen LogP contribution in [0, 0.1) is 40.4 Å². The van der Waals surface area contributed by atoms with Crippen molar-refractivity contribution < 1.29 is 23.8 Å². The summed E-state index contributed by atoms with van der Waals surface area (Å²) < 4.78 is 17.3. The lowest BCUT2D eigenvalue weighted by atomic mass is 9.44. The minimum absolute atomic E-state index is 0.104. The number of aliphatic hydroxyl groups excluding tert-OH is 1. The molecule has 0 aromatic heterocycles. The number of Topliss-reactive ketones (excluding diaryl/α,β-unsaturated/α-hetero) is 1. The molecule has 4 fully saturated rings. The first-order valence-electron chi connectivity index (χ1n) is 14.2. The molecule has 4 aliphatic rings. The smallest absolute Gasteiger partial charge is 0.192 e.